The molecule has 0 aromatic carbocycles. The molecule has 0 bridgehead atoms. The Morgan fingerprint density at radius 1 is 1.25 bits per heavy atom. The van der Waals surface area contributed by atoms with Crippen molar-refractivity contribution in [3.63, 3.8) is 0 Å². The van der Waals surface area contributed by atoms with Crippen LogP contribution in [0.1, 0.15) is 39.0 Å². The van der Waals surface area contributed by atoms with Gasteiger partial charge < -0.3 is 9.84 Å². The molecular weight excluding hydrogens is 152 g/mol. The summed E-state index contributed by atoms with van der Waals surface area (Å²) in [7, 11) is 1.73. The lowest BCUT2D eigenvalue weighted by Crippen LogP contribution is -2.05. The lowest BCUT2D eigenvalue weighted by Gasteiger charge is -2.11. The highest BCUT2D eigenvalue weighted by Crippen LogP contribution is 2.13. The van der Waals surface area contributed by atoms with Crippen LogP contribution in [0.2, 0.25) is 0 Å². The van der Waals surface area contributed by atoms with Gasteiger partial charge in [0.1, 0.15) is 0 Å². The SMILES string of the molecule is CCCC(CO)CCCCOC. The van der Waals surface area contributed by atoms with Crippen LogP contribution < -0.4 is 0 Å². The van der Waals surface area contributed by atoms with Gasteiger partial charge in [-0.25, -0.2) is 0 Å². The summed E-state index contributed by atoms with van der Waals surface area (Å²) in [5.41, 5.74) is 0. The highest BCUT2D eigenvalue weighted by molar-refractivity contribution is 4.56. The molecule has 1 atom stereocenters. The summed E-state index contributed by atoms with van der Waals surface area (Å²) in [5, 5.41) is 8.98. The summed E-state index contributed by atoms with van der Waals surface area (Å²) >= 11 is 0. The van der Waals surface area contributed by atoms with Crippen molar-refractivity contribution in [1.29, 1.82) is 0 Å². The van der Waals surface area contributed by atoms with E-state index >= 15 is 0 Å². The fraction of sp³-hybridized carbons (Fsp3) is 1.00. The molecule has 0 heterocycles. The van der Waals surface area contributed by atoms with Crippen molar-refractivity contribution in [2.24, 2.45) is 5.92 Å². The van der Waals surface area contributed by atoms with E-state index in [0.29, 0.717) is 12.5 Å². The lowest BCUT2D eigenvalue weighted by atomic mass is 9.98. The first-order valence-electron chi connectivity index (χ1n) is 4.95. The highest BCUT2D eigenvalue weighted by Gasteiger charge is 2.04. The van der Waals surface area contributed by atoms with Crippen LogP contribution in [0.4, 0.5) is 0 Å². The Kier molecular flexibility index (Phi) is 8.95. The van der Waals surface area contributed by atoms with E-state index in [-0.39, 0.29) is 0 Å². The van der Waals surface area contributed by atoms with E-state index in [2.05, 4.69) is 6.92 Å². The van der Waals surface area contributed by atoms with Gasteiger partial charge in [-0.05, 0) is 25.2 Å². The predicted octanol–water partition coefficient (Wildman–Crippen LogP) is 2.21. The average molecular weight is 174 g/mol. The minimum absolute atomic E-state index is 0.348. The van der Waals surface area contributed by atoms with Crippen molar-refractivity contribution in [2.75, 3.05) is 20.3 Å². The van der Waals surface area contributed by atoms with E-state index in [9.17, 15) is 0 Å². The normalized spacial score (nSPS) is 13.2. The molecule has 0 fully saturated rings. The van der Waals surface area contributed by atoms with Crippen LogP contribution in [0.3, 0.4) is 0 Å². The molecule has 1 unspecified atom stereocenters. The first-order valence-corrected chi connectivity index (χ1v) is 4.95. The van der Waals surface area contributed by atoms with Crippen LogP contribution >= 0.6 is 0 Å². The summed E-state index contributed by atoms with van der Waals surface area (Å²) in [6.07, 6.45) is 5.78. The predicted molar refractivity (Wildman–Crippen MR) is 51.2 cm³/mol. The highest BCUT2D eigenvalue weighted by atomic mass is 16.5. The van der Waals surface area contributed by atoms with E-state index in [4.69, 9.17) is 9.84 Å². The summed E-state index contributed by atoms with van der Waals surface area (Å²) in [4.78, 5) is 0. The first kappa shape index (κ1) is 11.9. The quantitative estimate of drug-likeness (QED) is 0.572. The summed E-state index contributed by atoms with van der Waals surface area (Å²) in [6.45, 7) is 3.36. The van der Waals surface area contributed by atoms with Gasteiger partial charge in [0.2, 0.25) is 0 Å². The molecule has 0 radical (unpaired) electrons. The maximum absolute atomic E-state index is 8.98. The Bertz CT molecular complexity index is 83.9. The zero-order chi connectivity index (χ0) is 9.23. The molecule has 0 spiro atoms. The Labute approximate surface area is 75.9 Å². The zero-order valence-corrected chi connectivity index (χ0v) is 8.38. The number of aliphatic hydroxyl groups is 1. The molecule has 12 heavy (non-hydrogen) atoms. The molecule has 1 N–H and O–H groups in total. The molecular formula is C10H22O2. The van der Waals surface area contributed by atoms with Crippen LogP contribution in [-0.4, -0.2) is 25.4 Å². The number of unbranched alkanes of at least 4 members (excludes halogenated alkanes) is 1. The standard InChI is InChI=1S/C10H22O2/c1-3-6-10(9-11)7-4-5-8-12-2/h10-11H,3-9H2,1-2H3. The van der Waals surface area contributed by atoms with Crippen molar-refractivity contribution in [3.8, 4) is 0 Å². The fourth-order valence-corrected chi connectivity index (χ4v) is 1.41. The number of rotatable bonds is 8. The zero-order valence-electron chi connectivity index (χ0n) is 8.38. The van der Waals surface area contributed by atoms with Gasteiger partial charge in [-0.1, -0.05) is 19.8 Å². The van der Waals surface area contributed by atoms with Gasteiger partial charge in [0, 0.05) is 20.3 Å². The minimum Gasteiger partial charge on any atom is -0.396 e. The minimum atomic E-state index is 0.348. The maximum Gasteiger partial charge on any atom is 0.0462 e. The van der Waals surface area contributed by atoms with E-state index in [1.165, 1.54) is 12.8 Å². The third-order valence-corrected chi connectivity index (χ3v) is 2.17. The molecule has 0 aliphatic carbocycles. The third-order valence-electron chi connectivity index (χ3n) is 2.17. The summed E-state index contributed by atoms with van der Waals surface area (Å²) in [5.74, 6) is 0.520. The van der Waals surface area contributed by atoms with E-state index < -0.39 is 0 Å². The monoisotopic (exact) mass is 174 g/mol. The second-order valence-electron chi connectivity index (χ2n) is 3.33. The van der Waals surface area contributed by atoms with Gasteiger partial charge >= 0.3 is 0 Å². The molecule has 74 valence electrons. The molecule has 0 aromatic rings. The molecule has 0 saturated heterocycles. The van der Waals surface area contributed by atoms with Crippen molar-refractivity contribution >= 4 is 0 Å². The molecule has 2 nitrogen and oxygen atoms in total. The molecule has 2 heteroatoms. The number of aliphatic hydroxyl groups excluding tert-OH is 1. The van der Waals surface area contributed by atoms with E-state index in [1.54, 1.807) is 7.11 Å². The van der Waals surface area contributed by atoms with Gasteiger partial charge in [0.15, 0.2) is 0 Å². The molecule has 0 rings (SSSR count). The molecule has 0 aliphatic rings. The Morgan fingerprint density at radius 3 is 2.50 bits per heavy atom. The summed E-state index contributed by atoms with van der Waals surface area (Å²) < 4.78 is 4.95. The lowest BCUT2D eigenvalue weighted by molar-refractivity contribution is 0.178. The van der Waals surface area contributed by atoms with E-state index in [0.717, 1.165) is 25.9 Å². The van der Waals surface area contributed by atoms with Gasteiger partial charge in [-0.2, -0.15) is 0 Å². The number of methoxy groups -OCH3 is 1. The van der Waals surface area contributed by atoms with Crippen molar-refractivity contribution in [3.05, 3.63) is 0 Å². The maximum atomic E-state index is 8.98. The Morgan fingerprint density at radius 2 is 2.00 bits per heavy atom. The van der Waals surface area contributed by atoms with Crippen LogP contribution in [-0.2, 0) is 4.74 Å². The van der Waals surface area contributed by atoms with Crippen molar-refractivity contribution in [2.45, 2.75) is 39.0 Å². The summed E-state index contributed by atoms with van der Waals surface area (Å²) in [6, 6.07) is 0. The Hall–Kier alpha value is -0.0800. The number of hydrogen-bond donors (Lipinski definition) is 1. The second kappa shape index (κ2) is 9.01. The first-order chi connectivity index (χ1) is 5.85. The number of hydrogen-bond acceptors (Lipinski definition) is 2. The largest absolute Gasteiger partial charge is 0.396 e. The van der Waals surface area contributed by atoms with Crippen molar-refractivity contribution in [1.82, 2.24) is 0 Å². The van der Waals surface area contributed by atoms with Crippen LogP contribution in [0.5, 0.6) is 0 Å². The molecule has 0 amide bonds. The van der Waals surface area contributed by atoms with Gasteiger partial charge in [-0.15, -0.1) is 0 Å². The van der Waals surface area contributed by atoms with Gasteiger partial charge in [0.25, 0.3) is 0 Å². The fourth-order valence-electron chi connectivity index (χ4n) is 1.41. The molecule has 0 aromatic heterocycles. The van der Waals surface area contributed by atoms with E-state index in [1.807, 2.05) is 0 Å². The van der Waals surface area contributed by atoms with Crippen LogP contribution in [0, 0.1) is 5.92 Å². The third kappa shape index (κ3) is 6.62. The Balaban J connectivity index is 3.19. The van der Waals surface area contributed by atoms with Gasteiger partial charge in [0.05, 0.1) is 0 Å². The smallest absolute Gasteiger partial charge is 0.0462 e. The van der Waals surface area contributed by atoms with Gasteiger partial charge in [-0.3, -0.25) is 0 Å². The molecule has 0 aliphatic heterocycles. The van der Waals surface area contributed by atoms with Crippen molar-refractivity contribution < 1.29 is 9.84 Å². The van der Waals surface area contributed by atoms with Crippen LogP contribution in [0.15, 0.2) is 0 Å². The topological polar surface area (TPSA) is 29.5 Å². The molecule has 0 saturated carbocycles. The number of ether oxygens (including phenoxy) is 1. The van der Waals surface area contributed by atoms with Crippen LogP contribution in [0.25, 0.3) is 0 Å². The average Bonchev–Trinajstić information content (AvgIpc) is 2.10. The second-order valence-corrected chi connectivity index (χ2v) is 3.33.